The molecular weight excluding hydrogens is 905 g/mol. The first kappa shape index (κ1) is 50.2. The maximum absolute atomic E-state index is 14.6. The lowest BCUT2D eigenvalue weighted by atomic mass is 9.44. The van der Waals surface area contributed by atoms with Gasteiger partial charge in [0.2, 0.25) is 0 Å². The van der Waals surface area contributed by atoms with Crippen LogP contribution >= 0.6 is 0 Å². The molecule has 20 heteroatoms. The molecule has 0 radical (unpaired) electrons. The number of amides is 2. The molecule has 4 aliphatic carbocycles. The van der Waals surface area contributed by atoms with Crippen molar-refractivity contribution in [3.8, 4) is 0 Å². The van der Waals surface area contributed by atoms with Crippen LogP contribution in [0.3, 0.4) is 0 Å². The van der Waals surface area contributed by atoms with Gasteiger partial charge in [-0.15, -0.1) is 0 Å². The van der Waals surface area contributed by atoms with Gasteiger partial charge in [0.25, 0.3) is 0 Å². The average molecular weight is 981 g/mol. The third-order valence-electron chi connectivity index (χ3n) is 18.8. The normalized spacial score (nSPS) is 49.9. The van der Waals surface area contributed by atoms with E-state index in [1.54, 1.807) is 0 Å². The summed E-state index contributed by atoms with van der Waals surface area (Å²) in [7, 11) is 0. The maximum atomic E-state index is 14.6. The summed E-state index contributed by atoms with van der Waals surface area (Å²) in [5.41, 5.74) is -0.361. The van der Waals surface area contributed by atoms with Crippen LogP contribution in [0.1, 0.15) is 85.5 Å². The summed E-state index contributed by atoms with van der Waals surface area (Å²) in [6, 6.07) is 0. The highest BCUT2D eigenvalue weighted by atomic mass is 16.8. The molecule has 390 valence electrons. The van der Waals surface area contributed by atoms with Crippen LogP contribution in [0.15, 0.2) is 0 Å². The fraction of sp³-hybridized carbons (Fsp3) is 0.939. The summed E-state index contributed by atoms with van der Waals surface area (Å²) in [6.45, 7) is 10.9. The van der Waals surface area contributed by atoms with Crippen LogP contribution in [0, 0.1) is 52.3 Å². The van der Waals surface area contributed by atoms with Gasteiger partial charge in [-0.3, -0.25) is 4.79 Å². The minimum Gasteiger partial charge on any atom is -0.446 e. The fourth-order valence-electron chi connectivity index (χ4n) is 15.1. The van der Waals surface area contributed by atoms with Crippen LogP contribution in [0.5, 0.6) is 0 Å². The van der Waals surface area contributed by atoms with E-state index < -0.39 is 92.6 Å². The molecule has 20 nitrogen and oxygen atoms in total. The molecule has 4 unspecified atom stereocenters. The summed E-state index contributed by atoms with van der Waals surface area (Å²) in [4.78, 5) is 43.6. The van der Waals surface area contributed by atoms with Gasteiger partial charge in [-0.25, -0.2) is 9.59 Å². The highest BCUT2D eigenvalue weighted by Crippen LogP contribution is 2.70. The molecule has 4 saturated carbocycles. The molecule has 0 aromatic rings. The predicted octanol–water partition coefficient (Wildman–Crippen LogP) is 1.57. The van der Waals surface area contributed by atoms with E-state index in [2.05, 4.69) is 27.7 Å². The molecule has 10 aliphatic rings. The number of carbonyl (C=O) groups excluding carboxylic acids is 3. The van der Waals surface area contributed by atoms with Crippen LogP contribution < -0.4 is 0 Å². The SMILES string of the molecule is CC1CC[C@@]2(OC1)OC1C[C@H]3[C@@H]4CC[C@H]5C[C@@H](O[C@@H]6O[C@@H](CO)[C@@H](O[C@@H]7O[C@@H](COC(=O)N8CCOCC8)[C@@H](OC(=O)N8CCOCC8)[C@H](O)C7O)[C@H](O)[C@@H]6O)CC[C@]5(C)[C@H]4C(=O)C[C@]3(C)C1[C@@H]2C. The molecular formula is C49H76N2O18. The van der Waals surface area contributed by atoms with Crippen LogP contribution in [-0.4, -0.2) is 205 Å². The number of ketones is 1. The molecule has 0 bridgehead atoms. The third kappa shape index (κ3) is 9.04. The van der Waals surface area contributed by atoms with E-state index in [0.29, 0.717) is 56.7 Å². The number of nitrogens with zero attached hydrogens (tertiary/aromatic N) is 2. The number of hydrogen-bond acceptors (Lipinski definition) is 18. The molecule has 5 N–H and O–H groups in total. The highest BCUT2D eigenvalue weighted by Gasteiger charge is 2.71. The Morgan fingerprint density at radius 2 is 1.41 bits per heavy atom. The Hall–Kier alpha value is -2.31. The molecule has 0 aromatic heterocycles. The Bertz CT molecular complexity index is 1840. The zero-order chi connectivity index (χ0) is 48.6. The monoisotopic (exact) mass is 981 g/mol. The topological polar surface area (TPSA) is 251 Å². The lowest BCUT2D eigenvalue weighted by Crippen LogP contribution is -2.65. The maximum Gasteiger partial charge on any atom is 0.410 e. The first-order chi connectivity index (χ1) is 33.0. The van der Waals surface area contributed by atoms with E-state index in [4.69, 9.17) is 47.4 Å². The third-order valence-corrected chi connectivity index (χ3v) is 18.8. The Labute approximate surface area is 403 Å². The van der Waals surface area contributed by atoms with E-state index in [9.17, 15) is 39.9 Å². The minimum atomic E-state index is -1.87. The smallest absolute Gasteiger partial charge is 0.410 e. The summed E-state index contributed by atoms with van der Waals surface area (Å²) >= 11 is 0. The number of fused-ring (bicyclic) bond motifs is 7. The van der Waals surface area contributed by atoms with Crippen molar-refractivity contribution < 1.29 is 87.3 Å². The molecule has 10 fully saturated rings. The number of Topliss-reactive ketones (excluding diaryl/α,β-unsaturated/α-hetero) is 1. The summed E-state index contributed by atoms with van der Waals surface area (Å²) in [5, 5.41) is 56.5. The van der Waals surface area contributed by atoms with Gasteiger partial charge in [-0.1, -0.05) is 27.7 Å². The lowest BCUT2D eigenvalue weighted by Gasteiger charge is -2.60. The number of aliphatic hydroxyl groups excluding tert-OH is 5. The first-order valence-electron chi connectivity index (χ1n) is 25.9. The summed E-state index contributed by atoms with van der Waals surface area (Å²) in [6.07, 6.45) is -10.2. The number of rotatable bonds is 8. The molecule has 6 saturated heterocycles. The van der Waals surface area contributed by atoms with Crippen LogP contribution in [0.2, 0.25) is 0 Å². The van der Waals surface area contributed by atoms with Crippen LogP contribution in [-0.2, 0) is 52.2 Å². The highest BCUT2D eigenvalue weighted by molar-refractivity contribution is 5.84. The van der Waals surface area contributed by atoms with Crippen molar-refractivity contribution in [1.82, 2.24) is 9.80 Å². The van der Waals surface area contributed by atoms with Crippen molar-refractivity contribution in [2.75, 3.05) is 72.4 Å². The molecule has 69 heavy (non-hydrogen) atoms. The molecule has 2 amide bonds. The number of hydrogen-bond donors (Lipinski definition) is 5. The Morgan fingerprint density at radius 3 is 2.07 bits per heavy atom. The second-order valence-corrected chi connectivity index (χ2v) is 22.6. The van der Waals surface area contributed by atoms with Gasteiger partial charge >= 0.3 is 12.2 Å². The van der Waals surface area contributed by atoms with Gasteiger partial charge in [0.15, 0.2) is 24.5 Å². The fourth-order valence-corrected chi connectivity index (χ4v) is 15.1. The number of carbonyl (C=O) groups is 3. The lowest BCUT2D eigenvalue weighted by molar-refractivity contribution is -0.364. The molecule has 6 aliphatic heterocycles. The van der Waals surface area contributed by atoms with Crippen molar-refractivity contribution in [2.24, 2.45) is 52.3 Å². The van der Waals surface area contributed by atoms with Gasteiger partial charge in [0.05, 0.1) is 51.8 Å². The first-order valence-corrected chi connectivity index (χ1v) is 25.9. The molecule has 1 spiro atoms. The molecule has 0 aromatic carbocycles. The Morgan fingerprint density at radius 1 is 0.754 bits per heavy atom. The number of aliphatic hydroxyl groups is 5. The molecule has 22 atom stereocenters. The summed E-state index contributed by atoms with van der Waals surface area (Å²) < 4.78 is 59.9. The quantitative estimate of drug-likeness (QED) is 0.217. The zero-order valence-corrected chi connectivity index (χ0v) is 40.5. The van der Waals surface area contributed by atoms with Gasteiger partial charge < -0.3 is 82.7 Å². The van der Waals surface area contributed by atoms with E-state index in [1.165, 1.54) is 9.80 Å². The van der Waals surface area contributed by atoms with Gasteiger partial charge in [-0.2, -0.15) is 0 Å². The number of ether oxygens (including phenoxy) is 10. The second-order valence-electron chi connectivity index (χ2n) is 22.6. The van der Waals surface area contributed by atoms with E-state index in [0.717, 1.165) is 38.5 Å². The van der Waals surface area contributed by atoms with E-state index >= 15 is 0 Å². The summed E-state index contributed by atoms with van der Waals surface area (Å²) in [5.74, 6) is 1.67. The van der Waals surface area contributed by atoms with Gasteiger partial charge in [0, 0.05) is 50.9 Å². The van der Waals surface area contributed by atoms with Crippen LogP contribution in [0.25, 0.3) is 0 Å². The average Bonchev–Trinajstić information content (AvgIpc) is 3.79. The van der Waals surface area contributed by atoms with Crippen molar-refractivity contribution in [1.29, 1.82) is 0 Å². The van der Waals surface area contributed by atoms with Crippen molar-refractivity contribution in [3.05, 3.63) is 0 Å². The Balaban J connectivity index is 0.769. The standard InChI is InChI=1S/C49H76N2O18/c1-25-7-10-49(63-23-25)26(2)35-32(69-49)20-30-29-6-5-27-19-28(8-9-47(27,3)36(29)31(53)21-48(30,35)4)64-43-39(56)37(54)41(33(22-52)65-43)67-44-40(57)38(55)42(68-46(59)51-13-17-61-18-14-51)34(66-44)24-62-45(58)50-11-15-60-16-12-50/h25-30,32-44,52,54-57H,5-24H2,1-4H3/t25?,26-,27-,28-,29-,30-,32?,33-,34-,35?,36+,37+,38+,39-,40?,41+,42+,43+,44-,47-,48-,49+/m0/s1. The van der Waals surface area contributed by atoms with Crippen molar-refractivity contribution >= 4 is 18.0 Å². The Kier molecular flexibility index (Phi) is 14.4. The van der Waals surface area contributed by atoms with Crippen molar-refractivity contribution in [2.45, 2.75) is 165 Å². The van der Waals surface area contributed by atoms with E-state index in [1.807, 2.05) is 0 Å². The van der Waals surface area contributed by atoms with Gasteiger partial charge in [0.1, 0.15) is 55.1 Å². The van der Waals surface area contributed by atoms with Gasteiger partial charge in [-0.05, 0) is 85.4 Å². The molecule has 6 heterocycles. The second kappa shape index (κ2) is 19.8. The van der Waals surface area contributed by atoms with E-state index in [-0.39, 0.29) is 92.0 Å². The number of morpholine rings is 2. The molecule has 10 rings (SSSR count). The largest absolute Gasteiger partial charge is 0.446 e. The van der Waals surface area contributed by atoms with Crippen LogP contribution in [0.4, 0.5) is 9.59 Å². The predicted molar refractivity (Wildman–Crippen MR) is 237 cm³/mol. The zero-order valence-electron chi connectivity index (χ0n) is 40.5. The minimum absolute atomic E-state index is 0.0560. The van der Waals surface area contributed by atoms with Crippen molar-refractivity contribution in [3.63, 3.8) is 0 Å².